The van der Waals surface area contributed by atoms with Crippen LogP contribution in [0.4, 0.5) is 0 Å². The average molecular weight is 282 g/mol. The van der Waals surface area contributed by atoms with Gasteiger partial charge in [-0.05, 0) is 61.9 Å². The molecule has 1 aliphatic heterocycles. The first-order chi connectivity index (χ1) is 8.71. The second kappa shape index (κ2) is 5.30. The Morgan fingerprint density at radius 1 is 0.650 bits per heavy atom. The van der Waals surface area contributed by atoms with Crippen LogP contribution in [0.25, 0.3) is 0 Å². The van der Waals surface area contributed by atoms with E-state index in [1.54, 1.807) is 0 Å². The van der Waals surface area contributed by atoms with E-state index < -0.39 is 0 Å². The summed E-state index contributed by atoms with van der Waals surface area (Å²) in [5, 5.41) is 0. The van der Waals surface area contributed by atoms with E-state index in [2.05, 4.69) is 74.1 Å². The van der Waals surface area contributed by atoms with E-state index in [4.69, 9.17) is 0 Å². The van der Waals surface area contributed by atoms with Crippen LogP contribution >= 0.6 is 0 Å². The van der Waals surface area contributed by atoms with Crippen molar-refractivity contribution in [1.82, 2.24) is 4.90 Å². The van der Waals surface area contributed by atoms with Crippen molar-refractivity contribution in [3.63, 3.8) is 0 Å². The molecular formula is C19H39N. The molecule has 0 N–H and O–H groups in total. The molecule has 1 saturated heterocycles. The van der Waals surface area contributed by atoms with E-state index in [1.165, 1.54) is 25.9 Å². The summed E-state index contributed by atoms with van der Waals surface area (Å²) in [6.45, 7) is 26.6. The molecule has 0 aromatic rings. The predicted molar refractivity (Wildman–Crippen MR) is 91.1 cm³/mol. The molecule has 1 aliphatic rings. The van der Waals surface area contributed by atoms with E-state index in [1.807, 2.05) is 0 Å². The minimum Gasteiger partial charge on any atom is -0.298 e. The lowest BCUT2D eigenvalue weighted by molar-refractivity contribution is -0.0408. The van der Waals surface area contributed by atoms with Crippen molar-refractivity contribution in [2.45, 2.75) is 87.6 Å². The van der Waals surface area contributed by atoms with Crippen LogP contribution in [0.15, 0.2) is 0 Å². The van der Waals surface area contributed by atoms with Gasteiger partial charge in [0.25, 0.3) is 0 Å². The Balaban J connectivity index is 2.75. The van der Waals surface area contributed by atoms with Gasteiger partial charge in [-0.1, -0.05) is 55.4 Å². The van der Waals surface area contributed by atoms with Gasteiger partial charge in [-0.25, -0.2) is 0 Å². The predicted octanol–water partition coefficient (Wildman–Crippen LogP) is 5.60. The lowest BCUT2D eigenvalue weighted by atomic mass is 9.59. The lowest BCUT2D eigenvalue weighted by Crippen LogP contribution is -2.56. The zero-order chi connectivity index (χ0) is 16.0. The molecule has 0 radical (unpaired) electrons. The fraction of sp³-hybridized carbons (Fsp3) is 1.00. The summed E-state index contributed by atoms with van der Waals surface area (Å²) < 4.78 is 0. The highest BCUT2D eigenvalue weighted by molar-refractivity contribution is 4.97. The molecule has 0 amide bonds. The average Bonchev–Trinajstić information content (AvgIpc) is 2.26. The van der Waals surface area contributed by atoms with Crippen LogP contribution in [0.3, 0.4) is 0 Å². The molecule has 1 heterocycles. The van der Waals surface area contributed by atoms with Gasteiger partial charge in [-0.2, -0.15) is 0 Å². The molecule has 1 nitrogen and oxygen atoms in total. The third-order valence-corrected chi connectivity index (χ3v) is 7.07. The Kier molecular flexibility index (Phi) is 4.78. The summed E-state index contributed by atoms with van der Waals surface area (Å²) in [6.07, 6.45) is 2.70. The third kappa shape index (κ3) is 3.24. The monoisotopic (exact) mass is 281 g/mol. The summed E-state index contributed by atoms with van der Waals surface area (Å²) in [7, 11) is 0. The standard InChI is InChI=1S/C19H39N/c1-16(2,3)18(7,8)15-11-13-20(14-12-15)19(9,10)17(4,5)6/h15H,11-14H2,1-10H3. The van der Waals surface area contributed by atoms with Crippen LogP contribution in [0.1, 0.15) is 82.1 Å². The van der Waals surface area contributed by atoms with Crippen molar-refractivity contribution in [3.8, 4) is 0 Å². The van der Waals surface area contributed by atoms with Gasteiger partial charge in [-0.3, -0.25) is 4.90 Å². The van der Waals surface area contributed by atoms with E-state index in [9.17, 15) is 0 Å². The van der Waals surface area contributed by atoms with E-state index in [0.717, 1.165) is 5.92 Å². The Morgan fingerprint density at radius 2 is 1.05 bits per heavy atom. The molecule has 0 spiro atoms. The molecule has 120 valence electrons. The van der Waals surface area contributed by atoms with Gasteiger partial charge >= 0.3 is 0 Å². The van der Waals surface area contributed by atoms with Gasteiger partial charge in [-0.15, -0.1) is 0 Å². The summed E-state index contributed by atoms with van der Waals surface area (Å²) in [4.78, 5) is 2.72. The van der Waals surface area contributed by atoms with Crippen LogP contribution in [0, 0.1) is 22.2 Å². The minimum absolute atomic E-state index is 0.282. The van der Waals surface area contributed by atoms with Crippen molar-refractivity contribution in [1.29, 1.82) is 0 Å². The number of nitrogens with zero attached hydrogens (tertiary/aromatic N) is 1. The molecule has 0 atom stereocenters. The second-order valence-electron chi connectivity index (χ2n) is 10.0. The molecule has 0 unspecified atom stereocenters. The molecule has 1 fully saturated rings. The maximum Gasteiger partial charge on any atom is 0.0201 e. The van der Waals surface area contributed by atoms with Gasteiger partial charge in [0, 0.05) is 5.54 Å². The molecule has 20 heavy (non-hydrogen) atoms. The zero-order valence-corrected chi connectivity index (χ0v) is 15.9. The summed E-state index contributed by atoms with van der Waals surface area (Å²) in [6, 6.07) is 0. The van der Waals surface area contributed by atoms with Crippen molar-refractivity contribution in [3.05, 3.63) is 0 Å². The van der Waals surface area contributed by atoms with Crippen LogP contribution < -0.4 is 0 Å². The number of rotatable bonds is 2. The number of likely N-dealkylation sites (tertiary alicyclic amines) is 1. The first kappa shape index (κ1) is 18.0. The van der Waals surface area contributed by atoms with Crippen LogP contribution in [-0.2, 0) is 0 Å². The van der Waals surface area contributed by atoms with Crippen LogP contribution in [0.5, 0.6) is 0 Å². The topological polar surface area (TPSA) is 3.24 Å². The van der Waals surface area contributed by atoms with Gasteiger partial charge < -0.3 is 0 Å². The van der Waals surface area contributed by atoms with E-state index >= 15 is 0 Å². The fourth-order valence-electron chi connectivity index (χ4n) is 3.25. The molecule has 0 aromatic carbocycles. The van der Waals surface area contributed by atoms with Crippen molar-refractivity contribution in [2.75, 3.05) is 13.1 Å². The zero-order valence-electron chi connectivity index (χ0n) is 15.9. The van der Waals surface area contributed by atoms with Crippen molar-refractivity contribution in [2.24, 2.45) is 22.2 Å². The Labute approximate surface area is 128 Å². The van der Waals surface area contributed by atoms with Gasteiger partial charge in [0.05, 0.1) is 0 Å². The highest BCUT2D eigenvalue weighted by Gasteiger charge is 2.44. The number of hydrogen-bond donors (Lipinski definition) is 0. The first-order valence-corrected chi connectivity index (χ1v) is 8.46. The highest BCUT2D eigenvalue weighted by Crippen LogP contribution is 2.49. The second-order valence-corrected chi connectivity index (χ2v) is 10.0. The quantitative estimate of drug-likeness (QED) is 0.637. The Bertz CT molecular complexity index is 283. The van der Waals surface area contributed by atoms with Crippen LogP contribution in [-0.4, -0.2) is 23.5 Å². The number of piperidine rings is 1. The van der Waals surface area contributed by atoms with E-state index in [0.29, 0.717) is 16.2 Å². The summed E-state index contributed by atoms with van der Waals surface area (Å²) >= 11 is 0. The maximum absolute atomic E-state index is 2.72. The molecule has 0 bridgehead atoms. The fourth-order valence-corrected chi connectivity index (χ4v) is 3.25. The van der Waals surface area contributed by atoms with Gasteiger partial charge in [0.15, 0.2) is 0 Å². The highest BCUT2D eigenvalue weighted by atomic mass is 15.2. The molecule has 0 aliphatic carbocycles. The van der Waals surface area contributed by atoms with E-state index in [-0.39, 0.29) is 5.54 Å². The lowest BCUT2D eigenvalue weighted by Gasteiger charge is -2.54. The largest absolute Gasteiger partial charge is 0.298 e. The summed E-state index contributed by atoms with van der Waals surface area (Å²) in [5.41, 5.74) is 1.42. The van der Waals surface area contributed by atoms with Gasteiger partial charge in [0.2, 0.25) is 0 Å². The normalized spacial score (nSPS) is 21.3. The molecule has 1 heteroatoms. The SMILES string of the molecule is CC(C)(C)C(C)(C)C1CCN(C(C)(C)C(C)(C)C)CC1. The minimum atomic E-state index is 0.282. The van der Waals surface area contributed by atoms with Gasteiger partial charge in [0.1, 0.15) is 0 Å². The Hall–Kier alpha value is -0.0400. The first-order valence-electron chi connectivity index (χ1n) is 8.46. The van der Waals surface area contributed by atoms with Crippen molar-refractivity contribution >= 4 is 0 Å². The molecular weight excluding hydrogens is 242 g/mol. The number of hydrogen-bond acceptors (Lipinski definition) is 1. The molecule has 0 aromatic heterocycles. The third-order valence-electron chi connectivity index (χ3n) is 7.07. The maximum atomic E-state index is 2.72. The summed E-state index contributed by atoms with van der Waals surface area (Å²) in [5.74, 6) is 0.856. The molecule has 0 saturated carbocycles. The Morgan fingerprint density at radius 3 is 1.35 bits per heavy atom. The van der Waals surface area contributed by atoms with Crippen LogP contribution in [0.2, 0.25) is 0 Å². The smallest absolute Gasteiger partial charge is 0.0201 e. The molecule has 1 rings (SSSR count). The van der Waals surface area contributed by atoms with Crippen molar-refractivity contribution < 1.29 is 0 Å².